The predicted octanol–water partition coefficient (Wildman–Crippen LogP) is 4.08. The standard InChI is InChI=1S/C16H22O2/c1-16(8-9-16)15(11-4-3-5-11)13-7-6-12(18-2)10-14(13)17/h6-7,10-11,15,17H,3-5,8-9H2,1-2H3. The maximum Gasteiger partial charge on any atom is 0.122 e. The molecule has 1 aromatic rings. The molecule has 2 aliphatic rings. The van der Waals surface area contributed by atoms with E-state index in [1.54, 1.807) is 13.2 Å². The number of methoxy groups -OCH3 is 1. The molecule has 3 rings (SSSR count). The molecular formula is C16H22O2. The van der Waals surface area contributed by atoms with E-state index in [1.165, 1.54) is 32.1 Å². The summed E-state index contributed by atoms with van der Waals surface area (Å²) in [4.78, 5) is 0. The third-order valence-corrected chi connectivity index (χ3v) is 4.98. The maximum absolute atomic E-state index is 10.3. The normalized spacial score (nSPS) is 23.2. The lowest BCUT2D eigenvalue weighted by Crippen LogP contribution is -2.26. The SMILES string of the molecule is COc1ccc(C(C2CCC2)C2(C)CC2)c(O)c1. The van der Waals surface area contributed by atoms with Gasteiger partial charge in [-0.3, -0.25) is 0 Å². The molecule has 1 aromatic carbocycles. The molecule has 2 fully saturated rings. The number of ether oxygens (including phenoxy) is 1. The van der Waals surface area contributed by atoms with E-state index in [9.17, 15) is 5.11 Å². The van der Waals surface area contributed by atoms with Gasteiger partial charge in [0.25, 0.3) is 0 Å². The zero-order chi connectivity index (χ0) is 12.8. The van der Waals surface area contributed by atoms with Crippen LogP contribution < -0.4 is 4.74 Å². The van der Waals surface area contributed by atoms with Gasteiger partial charge in [0.2, 0.25) is 0 Å². The van der Waals surface area contributed by atoms with E-state index in [2.05, 4.69) is 13.0 Å². The summed E-state index contributed by atoms with van der Waals surface area (Å²) in [6.45, 7) is 2.37. The highest BCUT2D eigenvalue weighted by Crippen LogP contribution is 2.62. The van der Waals surface area contributed by atoms with Crippen molar-refractivity contribution in [2.45, 2.75) is 44.9 Å². The van der Waals surface area contributed by atoms with Crippen LogP contribution in [0.5, 0.6) is 11.5 Å². The Balaban J connectivity index is 1.94. The van der Waals surface area contributed by atoms with E-state index in [-0.39, 0.29) is 0 Å². The number of benzene rings is 1. The summed E-state index contributed by atoms with van der Waals surface area (Å²) in [7, 11) is 1.64. The van der Waals surface area contributed by atoms with E-state index in [4.69, 9.17) is 4.74 Å². The zero-order valence-electron chi connectivity index (χ0n) is 11.3. The fourth-order valence-corrected chi connectivity index (χ4v) is 3.39. The first-order valence-electron chi connectivity index (χ1n) is 7.01. The van der Waals surface area contributed by atoms with Crippen molar-refractivity contribution < 1.29 is 9.84 Å². The summed E-state index contributed by atoms with van der Waals surface area (Å²) in [5, 5.41) is 10.3. The molecule has 0 bridgehead atoms. The minimum atomic E-state index is 0.416. The third-order valence-electron chi connectivity index (χ3n) is 4.98. The molecule has 0 aliphatic heterocycles. The number of hydrogen-bond donors (Lipinski definition) is 1. The summed E-state index contributed by atoms with van der Waals surface area (Å²) in [5.74, 6) is 2.47. The van der Waals surface area contributed by atoms with Gasteiger partial charge in [0.1, 0.15) is 11.5 Å². The summed E-state index contributed by atoms with van der Waals surface area (Å²) >= 11 is 0. The summed E-state index contributed by atoms with van der Waals surface area (Å²) < 4.78 is 5.17. The van der Waals surface area contributed by atoms with Crippen molar-refractivity contribution >= 4 is 0 Å². The first-order chi connectivity index (χ1) is 8.64. The Hall–Kier alpha value is -1.18. The summed E-state index contributed by atoms with van der Waals surface area (Å²) in [5.41, 5.74) is 1.57. The van der Waals surface area contributed by atoms with Gasteiger partial charge in [0.15, 0.2) is 0 Å². The van der Waals surface area contributed by atoms with Gasteiger partial charge in [-0.2, -0.15) is 0 Å². The van der Waals surface area contributed by atoms with Crippen molar-refractivity contribution in [3.63, 3.8) is 0 Å². The number of rotatable bonds is 4. The van der Waals surface area contributed by atoms with Crippen LogP contribution in [0.2, 0.25) is 0 Å². The van der Waals surface area contributed by atoms with Crippen LogP contribution >= 0.6 is 0 Å². The molecule has 2 nitrogen and oxygen atoms in total. The summed E-state index contributed by atoms with van der Waals surface area (Å²) in [6.07, 6.45) is 6.62. The Bertz CT molecular complexity index is 444. The van der Waals surface area contributed by atoms with E-state index < -0.39 is 0 Å². The molecule has 1 N–H and O–H groups in total. The molecule has 2 saturated carbocycles. The van der Waals surface area contributed by atoms with Crippen LogP contribution in [0, 0.1) is 11.3 Å². The van der Waals surface area contributed by atoms with Crippen molar-refractivity contribution in [1.29, 1.82) is 0 Å². The quantitative estimate of drug-likeness (QED) is 0.867. The van der Waals surface area contributed by atoms with Crippen LogP contribution in [0.1, 0.15) is 50.5 Å². The van der Waals surface area contributed by atoms with Gasteiger partial charge in [-0.05, 0) is 54.6 Å². The molecular weight excluding hydrogens is 224 g/mol. The highest BCUT2D eigenvalue weighted by atomic mass is 16.5. The van der Waals surface area contributed by atoms with Gasteiger partial charge in [-0.15, -0.1) is 0 Å². The molecule has 0 amide bonds. The second-order valence-electron chi connectivity index (χ2n) is 6.25. The molecule has 0 saturated heterocycles. The molecule has 18 heavy (non-hydrogen) atoms. The number of aromatic hydroxyl groups is 1. The largest absolute Gasteiger partial charge is 0.508 e. The number of hydrogen-bond acceptors (Lipinski definition) is 2. The number of phenolic OH excluding ortho intramolecular Hbond substituents is 1. The molecule has 0 heterocycles. The zero-order valence-corrected chi connectivity index (χ0v) is 11.3. The van der Waals surface area contributed by atoms with Crippen LogP contribution in [0.4, 0.5) is 0 Å². The molecule has 2 heteroatoms. The molecule has 98 valence electrons. The van der Waals surface area contributed by atoms with Gasteiger partial charge in [-0.25, -0.2) is 0 Å². The van der Waals surface area contributed by atoms with Gasteiger partial charge in [0, 0.05) is 6.07 Å². The van der Waals surface area contributed by atoms with Gasteiger partial charge in [-0.1, -0.05) is 19.4 Å². The lowest BCUT2D eigenvalue weighted by Gasteiger charge is -2.38. The Kier molecular flexibility index (Phi) is 2.76. The molecule has 0 spiro atoms. The van der Waals surface area contributed by atoms with E-state index >= 15 is 0 Å². The van der Waals surface area contributed by atoms with Crippen LogP contribution in [0.3, 0.4) is 0 Å². The lowest BCUT2D eigenvalue weighted by atomic mass is 9.66. The predicted molar refractivity (Wildman–Crippen MR) is 72.1 cm³/mol. The van der Waals surface area contributed by atoms with Crippen LogP contribution in [0.15, 0.2) is 18.2 Å². The fourth-order valence-electron chi connectivity index (χ4n) is 3.39. The van der Waals surface area contributed by atoms with Crippen molar-refractivity contribution in [2.75, 3.05) is 7.11 Å². The highest BCUT2D eigenvalue weighted by molar-refractivity contribution is 5.43. The average Bonchev–Trinajstić information content (AvgIpc) is 3.03. The van der Waals surface area contributed by atoms with E-state index in [0.717, 1.165) is 17.2 Å². The molecule has 0 radical (unpaired) electrons. The Morgan fingerprint density at radius 1 is 1.33 bits per heavy atom. The van der Waals surface area contributed by atoms with Crippen molar-refractivity contribution in [1.82, 2.24) is 0 Å². The minimum absolute atomic E-state index is 0.416. The van der Waals surface area contributed by atoms with Gasteiger partial charge >= 0.3 is 0 Å². The smallest absolute Gasteiger partial charge is 0.122 e. The van der Waals surface area contributed by atoms with Crippen molar-refractivity contribution in [3.05, 3.63) is 23.8 Å². The van der Waals surface area contributed by atoms with Crippen LogP contribution in [0.25, 0.3) is 0 Å². The van der Waals surface area contributed by atoms with Gasteiger partial charge in [0.05, 0.1) is 7.11 Å². The first-order valence-corrected chi connectivity index (χ1v) is 7.01. The Labute approximate surface area is 109 Å². The highest BCUT2D eigenvalue weighted by Gasteiger charge is 2.50. The Morgan fingerprint density at radius 2 is 2.06 bits per heavy atom. The summed E-state index contributed by atoms with van der Waals surface area (Å²) in [6, 6.07) is 5.81. The lowest BCUT2D eigenvalue weighted by molar-refractivity contribution is 0.198. The number of phenols is 1. The first kappa shape index (κ1) is 11.9. The van der Waals surface area contributed by atoms with E-state index in [0.29, 0.717) is 17.1 Å². The Morgan fingerprint density at radius 3 is 2.50 bits per heavy atom. The molecule has 1 unspecified atom stereocenters. The van der Waals surface area contributed by atoms with Gasteiger partial charge < -0.3 is 9.84 Å². The monoisotopic (exact) mass is 246 g/mol. The molecule has 1 atom stereocenters. The minimum Gasteiger partial charge on any atom is -0.508 e. The van der Waals surface area contributed by atoms with Crippen LogP contribution in [-0.4, -0.2) is 12.2 Å². The van der Waals surface area contributed by atoms with E-state index in [1.807, 2.05) is 6.07 Å². The topological polar surface area (TPSA) is 29.5 Å². The average molecular weight is 246 g/mol. The molecule has 0 aromatic heterocycles. The van der Waals surface area contributed by atoms with Crippen molar-refractivity contribution in [3.8, 4) is 11.5 Å². The molecule has 2 aliphatic carbocycles. The van der Waals surface area contributed by atoms with Crippen LogP contribution in [-0.2, 0) is 0 Å². The second-order valence-corrected chi connectivity index (χ2v) is 6.25. The van der Waals surface area contributed by atoms with Crippen molar-refractivity contribution in [2.24, 2.45) is 11.3 Å². The second kappa shape index (κ2) is 4.18. The maximum atomic E-state index is 10.3. The third kappa shape index (κ3) is 1.88. The fraction of sp³-hybridized carbons (Fsp3) is 0.625.